The Morgan fingerprint density at radius 2 is 1.67 bits per heavy atom. The standard InChI is InChI=1S/C22H30F2N2O6S/c1-22(2,3)32-21(28)25-19(12-20(27)31-4)13-7-16-5-6-17(8-13)26(16)33(29,30)18-10-14(23)9-15(24)11-18/h9-11,13,16-17,19H,5-8,12H2,1-4H3,(H,25,28)/t13?,16?,17?,19-/m1/s1. The number of esters is 1. The number of alkyl carbamates (subject to hydrolysis) is 1. The lowest BCUT2D eigenvalue weighted by Gasteiger charge is -2.40. The zero-order valence-corrected chi connectivity index (χ0v) is 20.0. The summed E-state index contributed by atoms with van der Waals surface area (Å²) in [5.41, 5.74) is -0.726. The number of sulfonamides is 1. The first-order valence-corrected chi connectivity index (χ1v) is 12.3. The van der Waals surface area contributed by atoms with Crippen LogP contribution in [0.5, 0.6) is 0 Å². The fourth-order valence-electron chi connectivity index (χ4n) is 4.75. The Morgan fingerprint density at radius 3 is 2.15 bits per heavy atom. The number of hydrogen-bond donors (Lipinski definition) is 1. The first-order valence-electron chi connectivity index (χ1n) is 10.9. The first kappa shape index (κ1) is 25.4. The lowest BCUT2D eigenvalue weighted by atomic mass is 9.84. The van der Waals surface area contributed by atoms with Crippen molar-refractivity contribution < 1.29 is 36.3 Å². The summed E-state index contributed by atoms with van der Waals surface area (Å²) in [7, 11) is -2.86. The number of hydrogen-bond acceptors (Lipinski definition) is 6. The van der Waals surface area contributed by atoms with Crippen LogP contribution < -0.4 is 5.32 Å². The van der Waals surface area contributed by atoms with Crippen LogP contribution in [0.15, 0.2) is 23.1 Å². The van der Waals surface area contributed by atoms with Crippen molar-refractivity contribution in [2.24, 2.45) is 5.92 Å². The van der Waals surface area contributed by atoms with Gasteiger partial charge in [0.1, 0.15) is 17.2 Å². The molecule has 8 nitrogen and oxygen atoms in total. The minimum absolute atomic E-state index is 0.0816. The minimum atomic E-state index is -4.12. The Labute approximate surface area is 192 Å². The third-order valence-corrected chi connectivity index (χ3v) is 7.98. The van der Waals surface area contributed by atoms with Crippen LogP contribution in [0.3, 0.4) is 0 Å². The van der Waals surface area contributed by atoms with E-state index in [-0.39, 0.29) is 12.3 Å². The first-order chi connectivity index (χ1) is 15.3. The van der Waals surface area contributed by atoms with Gasteiger partial charge in [-0.1, -0.05) is 0 Å². The maximum Gasteiger partial charge on any atom is 0.407 e. The Bertz CT molecular complexity index is 976. The molecule has 2 unspecified atom stereocenters. The van der Waals surface area contributed by atoms with Crippen LogP contribution in [0, 0.1) is 17.6 Å². The molecule has 3 rings (SSSR count). The maximum absolute atomic E-state index is 13.7. The Hall–Kier alpha value is -2.27. The molecule has 0 radical (unpaired) electrons. The number of nitrogens with zero attached hydrogens (tertiary/aromatic N) is 1. The average Bonchev–Trinajstić information content (AvgIpc) is 2.96. The molecule has 0 spiro atoms. The van der Waals surface area contributed by atoms with Gasteiger partial charge in [0.25, 0.3) is 0 Å². The van der Waals surface area contributed by atoms with E-state index in [4.69, 9.17) is 9.47 Å². The van der Waals surface area contributed by atoms with E-state index >= 15 is 0 Å². The summed E-state index contributed by atoms with van der Waals surface area (Å²) in [5.74, 6) is -2.63. The number of piperidine rings is 1. The number of fused-ring (bicyclic) bond motifs is 2. The predicted molar refractivity (Wildman–Crippen MR) is 115 cm³/mol. The van der Waals surface area contributed by atoms with Gasteiger partial charge in [-0.15, -0.1) is 0 Å². The predicted octanol–water partition coefficient (Wildman–Crippen LogP) is 3.35. The number of carbonyl (C=O) groups is 2. The Kier molecular flexibility index (Phi) is 7.33. The van der Waals surface area contributed by atoms with Gasteiger partial charge in [0.15, 0.2) is 0 Å². The maximum atomic E-state index is 13.7. The van der Waals surface area contributed by atoms with Gasteiger partial charge in [-0.25, -0.2) is 22.0 Å². The zero-order chi connectivity index (χ0) is 24.6. The molecule has 2 aliphatic heterocycles. The van der Waals surface area contributed by atoms with Crippen LogP contribution in [-0.2, 0) is 24.3 Å². The van der Waals surface area contributed by atoms with Gasteiger partial charge in [0.05, 0.1) is 18.4 Å². The molecule has 2 aliphatic rings. The Morgan fingerprint density at radius 1 is 1.12 bits per heavy atom. The van der Waals surface area contributed by atoms with Crippen LogP contribution in [0.2, 0.25) is 0 Å². The van der Waals surface area contributed by atoms with Crippen molar-refractivity contribution in [3.8, 4) is 0 Å². The molecule has 1 amide bonds. The molecule has 2 heterocycles. The van der Waals surface area contributed by atoms with Crippen LogP contribution >= 0.6 is 0 Å². The molecule has 2 bridgehead atoms. The Balaban J connectivity index is 1.80. The molecule has 0 aliphatic carbocycles. The molecular weight excluding hydrogens is 458 g/mol. The fourth-order valence-corrected chi connectivity index (χ4v) is 6.69. The quantitative estimate of drug-likeness (QED) is 0.616. The van der Waals surface area contributed by atoms with E-state index < -0.39 is 62.3 Å². The molecular formula is C22H30F2N2O6S. The van der Waals surface area contributed by atoms with Gasteiger partial charge in [0.2, 0.25) is 10.0 Å². The second-order valence-corrected chi connectivity index (χ2v) is 11.4. The van der Waals surface area contributed by atoms with Crippen molar-refractivity contribution in [2.45, 2.75) is 81.5 Å². The summed E-state index contributed by atoms with van der Waals surface area (Å²) in [5, 5.41) is 2.75. The summed E-state index contributed by atoms with van der Waals surface area (Å²) < 4.78 is 65.2. The van der Waals surface area contributed by atoms with Crippen molar-refractivity contribution in [1.82, 2.24) is 9.62 Å². The molecule has 3 atom stereocenters. The van der Waals surface area contributed by atoms with E-state index in [0.29, 0.717) is 31.7 Å². The fraction of sp³-hybridized carbons (Fsp3) is 0.636. The monoisotopic (exact) mass is 488 g/mol. The van der Waals surface area contributed by atoms with Gasteiger partial charge < -0.3 is 14.8 Å². The van der Waals surface area contributed by atoms with Gasteiger partial charge in [0, 0.05) is 24.2 Å². The molecule has 2 fully saturated rings. The molecule has 33 heavy (non-hydrogen) atoms. The molecule has 11 heteroatoms. The number of rotatable bonds is 6. The van der Waals surface area contributed by atoms with E-state index in [9.17, 15) is 26.8 Å². The van der Waals surface area contributed by atoms with Crippen LogP contribution in [0.1, 0.15) is 52.9 Å². The third kappa shape index (κ3) is 6.00. The van der Waals surface area contributed by atoms with Crippen molar-refractivity contribution in [3.05, 3.63) is 29.8 Å². The lowest BCUT2D eigenvalue weighted by molar-refractivity contribution is -0.141. The molecule has 0 saturated carbocycles. The molecule has 0 aromatic heterocycles. The highest BCUT2D eigenvalue weighted by Gasteiger charge is 2.49. The topological polar surface area (TPSA) is 102 Å². The van der Waals surface area contributed by atoms with Crippen LogP contribution in [0.4, 0.5) is 13.6 Å². The summed E-state index contributed by atoms with van der Waals surface area (Å²) in [6.45, 7) is 5.17. The van der Waals surface area contributed by atoms with Gasteiger partial charge in [-0.05, 0) is 64.5 Å². The average molecular weight is 489 g/mol. The highest BCUT2D eigenvalue weighted by molar-refractivity contribution is 7.89. The summed E-state index contributed by atoms with van der Waals surface area (Å²) in [4.78, 5) is 23.9. The largest absolute Gasteiger partial charge is 0.469 e. The third-order valence-electron chi connectivity index (χ3n) is 6.00. The number of ether oxygens (including phenoxy) is 2. The number of amides is 1. The summed E-state index contributed by atoms with van der Waals surface area (Å²) in [6.07, 6.45) is 1.16. The van der Waals surface area contributed by atoms with Gasteiger partial charge in [-0.2, -0.15) is 4.31 Å². The number of methoxy groups -OCH3 is 1. The normalized spacial score (nSPS) is 24.2. The van der Waals surface area contributed by atoms with E-state index in [1.165, 1.54) is 11.4 Å². The second-order valence-electron chi connectivity index (χ2n) is 9.59. The van der Waals surface area contributed by atoms with Crippen molar-refractivity contribution in [3.63, 3.8) is 0 Å². The number of halogens is 2. The van der Waals surface area contributed by atoms with E-state index in [1.54, 1.807) is 20.8 Å². The number of benzene rings is 1. The SMILES string of the molecule is COC(=O)C[C@@H](NC(=O)OC(C)(C)C)C1CC2CCC(C1)N2S(=O)(=O)c1cc(F)cc(F)c1. The number of carbonyl (C=O) groups excluding carboxylic acids is 2. The van der Waals surface area contributed by atoms with Crippen LogP contribution in [0.25, 0.3) is 0 Å². The second kappa shape index (κ2) is 9.54. The van der Waals surface area contributed by atoms with Crippen LogP contribution in [-0.4, -0.2) is 55.6 Å². The summed E-state index contributed by atoms with van der Waals surface area (Å²) >= 11 is 0. The summed E-state index contributed by atoms with van der Waals surface area (Å²) in [6, 6.07) is 0.824. The van der Waals surface area contributed by atoms with E-state index in [2.05, 4.69) is 5.32 Å². The molecule has 2 saturated heterocycles. The van der Waals surface area contributed by atoms with Crippen molar-refractivity contribution in [2.75, 3.05) is 7.11 Å². The highest BCUT2D eigenvalue weighted by Crippen LogP contribution is 2.43. The molecule has 184 valence electrons. The molecule has 1 N–H and O–H groups in total. The highest BCUT2D eigenvalue weighted by atomic mass is 32.2. The zero-order valence-electron chi connectivity index (χ0n) is 19.1. The van der Waals surface area contributed by atoms with Crippen molar-refractivity contribution >= 4 is 22.1 Å². The smallest absolute Gasteiger partial charge is 0.407 e. The van der Waals surface area contributed by atoms with E-state index in [1.807, 2.05) is 0 Å². The minimum Gasteiger partial charge on any atom is -0.469 e. The van der Waals surface area contributed by atoms with E-state index in [0.717, 1.165) is 12.1 Å². The van der Waals surface area contributed by atoms with Gasteiger partial charge >= 0.3 is 12.1 Å². The van der Waals surface area contributed by atoms with Crippen molar-refractivity contribution in [1.29, 1.82) is 0 Å². The van der Waals surface area contributed by atoms with Gasteiger partial charge in [-0.3, -0.25) is 4.79 Å². The molecule has 1 aromatic rings. The number of nitrogens with one attached hydrogen (secondary N) is 1. The lowest BCUT2D eigenvalue weighted by Crippen LogP contribution is -2.52. The molecule has 1 aromatic carbocycles.